The lowest BCUT2D eigenvalue weighted by atomic mass is 9.95. The van der Waals surface area contributed by atoms with Crippen LogP contribution in [0.4, 0.5) is 5.82 Å². The van der Waals surface area contributed by atoms with Crippen molar-refractivity contribution in [3.8, 4) is 11.5 Å². The summed E-state index contributed by atoms with van der Waals surface area (Å²) in [4.78, 5) is 23.3. The topological polar surface area (TPSA) is 88.1 Å². The third kappa shape index (κ3) is 5.53. The van der Waals surface area contributed by atoms with Crippen LogP contribution < -0.4 is 20.1 Å². The van der Waals surface area contributed by atoms with Crippen molar-refractivity contribution in [2.75, 3.05) is 26.6 Å². The maximum Gasteiger partial charge on any atom is 0.257 e. The Kier molecular flexibility index (Phi) is 7.95. The summed E-state index contributed by atoms with van der Waals surface area (Å²) in [5, 5.41) is 12.1. The van der Waals surface area contributed by atoms with Crippen LogP contribution in [0.5, 0.6) is 11.5 Å². The van der Waals surface area contributed by atoms with Gasteiger partial charge in [0.1, 0.15) is 27.9 Å². The van der Waals surface area contributed by atoms with Gasteiger partial charge in [-0.15, -0.1) is 11.3 Å². The molecule has 2 heterocycles. The Morgan fingerprint density at radius 2 is 1.97 bits per heavy atom. The van der Waals surface area contributed by atoms with E-state index in [-0.39, 0.29) is 21.8 Å². The number of amides is 1. The van der Waals surface area contributed by atoms with Crippen molar-refractivity contribution < 1.29 is 14.3 Å². The van der Waals surface area contributed by atoms with Crippen LogP contribution in [0.1, 0.15) is 47.6 Å². The molecule has 1 aromatic heterocycles. The number of anilines is 1. The first-order chi connectivity index (χ1) is 18.9. The predicted octanol–water partition coefficient (Wildman–Crippen LogP) is 5.50. The first-order valence-corrected chi connectivity index (χ1v) is 15.2. The number of aromatic nitrogens is 1. The van der Waals surface area contributed by atoms with Crippen molar-refractivity contribution in [1.29, 1.82) is 0 Å². The smallest absolute Gasteiger partial charge is 0.257 e. The lowest BCUT2D eigenvalue weighted by Crippen LogP contribution is -2.51. The fourth-order valence-electron chi connectivity index (χ4n) is 5.03. The number of hydrogen-bond donors (Lipinski definition) is 2. The second-order valence-corrected chi connectivity index (χ2v) is 12.9. The van der Waals surface area contributed by atoms with Gasteiger partial charge < -0.3 is 14.8 Å². The highest BCUT2D eigenvalue weighted by atomic mass is 32.2. The Hall–Kier alpha value is -3.37. The number of ether oxygens (including phenoxy) is 2. The Bertz CT molecular complexity index is 1400. The number of hydrogen-bond acceptors (Lipinski definition) is 8. The molecule has 10 heteroatoms. The Morgan fingerprint density at radius 3 is 2.64 bits per heavy atom. The normalized spacial score (nSPS) is 22.8. The molecule has 1 aliphatic heterocycles. The van der Waals surface area contributed by atoms with Crippen LogP contribution in [0.15, 0.2) is 58.9 Å². The molecule has 3 aromatic rings. The number of methoxy groups -OCH3 is 2. The maximum absolute atomic E-state index is 13.1. The highest BCUT2D eigenvalue weighted by Crippen LogP contribution is 2.55. The van der Waals surface area contributed by atoms with E-state index in [1.165, 1.54) is 12.8 Å². The minimum Gasteiger partial charge on any atom is -0.497 e. The van der Waals surface area contributed by atoms with Gasteiger partial charge in [0.15, 0.2) is 0 Å². The number of carbonyl (C=O) groups is 1. The Labute approximate surface area is 236 Å². The molecule has 206 valence electrons. The minimum atomic E-state index is -0.564. The summed E-state index contributed by atoms with van der Waals surface area (Å²) in [7, 11) is 5.10. The van der Waals surface area contributed by atoms with Crippen LogP contribution in [0.2, 0.25) is 0 Å². The van der Waals surface area contributed by atoms with Crippen molar-refractivity contribution >= 4 is 45.1 Å². The largest absolute Gasteiger partial charge is 0.497 e. The van der Waals surface area contributed by atoms with E-state index in [1.54, 1.807) is 25.6 Å². The summed E-state index contributed by atoms with van der Waals surface area (Å²) < 4.78 is 13.0. The molecule has 1 saturated carbocycles. The zero-order valence-electron chi connectivity index (χ0n) is 22.9. The second-order valence-electron chi connectivity index (χ2n) is 9.81. The highest BCUT2D eigenvalue weighted by Gasteiger charge is 2.52. The first-order valence-electron chi connectivity index (χ1n) is 13.0. The molecular formula is C29H35N5O3S2. The summed E-state index contributed by atoms with van der Waals surface area (Å²) in [6.45, 7) is 4.85. The molecule has 8 nitrogen and oxygen atoms in total. The lowest BCUT2D eigenvalue weighted by Gasteiger charge is -2.44. The van der Waals surface area contributed by atoms with E-state index < -0.39 is 5.54 Å². The lowest BCUT2D eigenvalue weighted by molar-refractivity contribution is 0.0974. The number of benzene rings is 2. The van der Waals surface area contributed by atoms with Gasteiger partial charge in [-0.05, 0) is 62.2 Å². The van der Waals surface area contributed by atoms with Crippen molar-refractivity contribution in [3.63, 3.8) is 0 Å². The van der Waals surface area contributed by atoms with Gasteiger partial charge in [-0.3, -0.25) is 14.4 Å². The Balaban J connectivity index is 1.43. The summed E-state index contributed by atoms with van der Waals surface area (Å²) in [6, 6.07) is 15.1. The van der Waals surface area contributed by atoms with Gasteiger partial charge >= 0.3 is 0 Å². The van der Waals surface area contributed by atoms with Gasteiger partial charge in [-0.25, -0.2) is 9.98 Å². The zero-order valence-corrected chi connectivity index (χ0v) is 24.6. The standard InChI is InChI=1S/C29H35N5O3S2/c1-6-39-25(19-12-13-19)29(2,33-28(34(39)3)32-26(35)20-10-8-7-9-11-20)27-31-24(18-38-27)30-17-21-14-15-22(36-4)16-23(21)37-5/h6-11,14-16,18-19,25,30H,12-13,17H2,1-5H3,(H,32,33,35). The summed E-state index contributed by atoms with van der Waals surface area (Å²) in [5.41, 5.74) is 1.06. The third-order valence-corrected chi connectivity index (χ3v) is 10.9. The van der Waals surface area contributed by atoms with E-state index in [0.717, 1.165) is 27.9 Å². The first kappa shape index (κ1) is 27.2. The fraction of sp³-hybridized carbons (Fsp3) is 0.379. The number of carbonyl (C=O) groups excluding carboxylic acids is 1. The molecule has 1 fully saturated rings. The molecule has 0 bridgehead atoms. The number of thiazole rings is 1. The molecule has 0 spiro atoms. The molecule has 3 atom stereocenters. The predicted molar refractivity (Wildman–Crippen MR) is 161 cm³/mol. The molecule has 2 N–H and O–H groups in total. The molecule has 3 unspecified atom stereocenters. The SMILES string of the molecule is C/C=S1\C(C2CC2)C(C)(c2nc(NCc3ccc(OC)cc3OC)cs2)N=C(NC(=O)c2ccccc2)N1C. The van der Waals surface area contributed by atoms with E-state index in [1.807, 2.05) is 61.0 Å². The summed E-state index contributed by atoms with van der Waals surface area (Å²) >= 11 is 1.61. The van der Waals surface area contributed by atoms with E-state index in [9.17, 15) is 4.79 Å². The van der Waals surface area contributed by atoms with Crippen molar-refractivity contribution in [1.82, 2.24) is 14.6 Å². The molecule has 2 aliphatic rings. The van der Waals surface area contributed by atoms with E-state index in [4.69, 9.17) is 19.5 Å². The van der Waals surface area contributed by atoms with Gasteiger partial charge in [-0.2, -0.15) is 0 Å². The van der Waals surface area contributed by atoms with Crippen LogP contribution in [0.25, 0.3) is 0 Å². The van der Waals surface area contributed by atoms with E-state index >= 15 is 0 Å². The van der Waals surface area contributed by atoms with Crippen LogP contribution in [-0.2, 0) is 12.1 Å². The molecule has 0 saturated heterocycles. The number of nitrogens with zero attached hydrogens (tertiary/aromatic N) is 3. The van der Waals surface area contributed by atoms with Crippen LogP contribution in [0, 0.1) is 5.92 Å². The third-order valence-electron chi connectivity index (χ3n) is 7.21. The summed E-state index contributed by atoms with van der Waals surface area (Å²) in [6.07, 6.45) is 2.39. The van der Waals surface area contributed by atoms with Crippen LogP contribution >= 0.6 is 22.0 Å². The molecule has 5 rings (SSSR count). The number of rotatable bonds is 8. The molecular weight excluding hydrogens is 530 g/mol. The second kappa shape index (κ2) is 11.4. The van der Waals surface area contributed by atoms with Gasteiger partial charge in [-0.1, -0.05) is 28.9 Å². The monoisotopic (exact) mass is 565 g/mol. The Morgan fingerprint density at radius 1 is 1.21 bits per heavy atom. The van der Waals surface area contributed by atoms with E-state index in [2.05, 4.69) is 34.2 Å². The quantitative estimate of drug-likeness (QED) is 0.351. The molecule has 39 heavy (non-hydrogen) atoms. The zero-order chi connectivity index (χ0) is 27.6. The van der Waals surface area contributed by atoms with Gasteiger partial charge in [0.05, 0.1) is 19.5 Å². The average molecular weight is 566 g/mol. The maximum atomic E-state index is 13.1. The van der Waals surface area contributed by atoms with Crippen LogP contribution in [0.3, 0.4) is 0 Å². The van der Waals surface area contributed by atoms with Gasteiger partial charge in [0.25, 0.3) is 5.91 Å². The molecule has 2 aromatic carbocycles. The molecule has 1 aliphatic carbocycles. The van der Waals surface area contributed by atoms with E-state index in [0.29, 0.717) is 24.0 Å². The van der Waals surface area contributed by atoms with Gasteiger partial charge in [0.2, 0.25) is 5.96 Å². The van der Waals surface area contributed by atoms with Gasteiger partial charge in [0, 0.05) is 36.2 Å². The van der Waals surface area contributed by atoms with Crippen molar-refractivity contribution in [2.24, 2.45) is 10.9 Å². The minimum absolute atomic E-state index is 0.164. The number of nitrogens with one attached hydrogen (secondary N) is 2. The summed E-state index contributed by atoms with van der Waals surface area (Å²) in [5.74, 6) is 3.31. The number of guanidine groups is 1. The fourth-order valence-corrected chi connectivity index (χ4v) is 8.56. The molecule has 1 amide bonds. The molecule has 0 radical (unpaired) electrons. The van der Waals surface area contributed by atoms with Crippen molar-refractivity contribution in [2.45, 2.75) is 44.0 Å². The van der Waals surface area contributed by atoms with Crippen LogP contribution in [-0.4, -0.2) is 53.0 Å². The van der Waals surface area contributed by atoms with Crippen molar-refractivity contribution in [3.05, 3.63) is 70.0 Å². The highest BCUT2D eigenvalue weighted by molar-refractivity contribution is 8.14. The number of aliphatic imine (C=N–C) groups is 1. The average Bonchev–Trinajstić information content (AvgIpc) is 3.68.